The van der Waals surface area contributed by atoms with Gasteiger partial charge in [0.25, 0.3) is 0 Å². The van der Waals surface area contributed by atoms with Crippen molar-refractivity contribution < 1.29 is 14.7 Å². The van der Waals surface area contributed by atoms with E-state index in [1.807, 2.05) is 12.3 Å². The summed E-state index contributed by atoms with van der Waals surface area (Å²) >= 11 is 0. The van der Waals surface area contributed by atoms with Crippen LogP contribution in [-0.2, 0) is 11.3 Å². The van der Waals surface area contributed by atoms with E-state index in [1.165, 1.54) is 0 Å². The van der Waals surface area contributed by atoms with Crippen molar-refractivity contribution in [2.45, 2.75) is 19.9 Å². The highest BCUT2D eigenvalue weighted by molar-refractivity contribution is 5.74. The number of aliphatic carboxylic acids is 1. The number of amides is 2. The van der Waals surface area contributed by atoms with Crippen molar-refractivity contribution in [1.82, 2.24) is 20.4 Å². The Morgan fingerprint density at radius 1 is 1.39 bits per heavy atom. The molecular formula is C11H18N4O3. The van der Waals surface area contributed by atoms with Crippen molar-refractivity contribution in [2.75, 3.05) is 13.1 Å². The van der Waals surface area contributed by atoms with E-state index in [2.05, 4.69) is 15.7 Å². The van der Waals surface area contributed by atoms with Gasteiger partial charge in [0.2, 0.25) is 0 Å². The topological polar surface area (TPSA) is 96.3 Å². The molecule has 0 aromatic carbocycles. The third-order valence-corrected chi connectivity index (χ3v) is 2.47. The van der Waals surface area contributed by atoms with Gasteiger partial charge in [-0.15, -0.1) is 0 Å². The highest BCUT2D eigenvalue weighted by Crippen LogP contribution is 1.99. The first-order valence-electron chi connectivity index (χ1n) is 5.81. The maximum atomic E-state index is 11.3. The summed E-state index contributed by atoms with van der Waals surface area (Å²) in [6.07, 6.45) is 3.91. The zero-order valence-corrected chi connectivity index (χ0v) is 10.3. The van der Waals surface area contributed by atoms with E-state index < -0.39 is 11.9 Å². The van der Waals surface area contributed by atoms with Gasteiger partial charge in [-0.3, -0.25) is 9.48 Å². The molecule has 0 aliphatic rings. The van der Waals surface area contributed by atoms with Crippen LogP contribution in [0.15, 0.2) is 18.5 Å². The molecule has 0 saturated carbocycles. The highest BCUT2D eigenvalue weighted by atomic mass is 16.4. The fourth-order valence-corrected chi connectivity index (χ4v) is 1.30. The zero-order valence-electron chi connectivity index (χ0n) is 10.3. The fourth-order valence-electron chi connectivity index (χ4n) is 1.30. The Labute approximate surface area is 105 Å². The zero-order chi connectivity index (χ0) is 13.4. The first kappa shape index (κ1) is 14.0. The molecule has 1 aromatic rings. The lowest BCUT2D eigenvalue weighted by Crippen LogP contribution is -2.38. The highest BCUT2D eigenvalue weighted by Gasteiger charge is 2.10. The number of rotatable bonds is 7. The van der Waals surface area contributed by atoms with E-state index in [0.29, 0.717) is 26.1 Å². The smallest absolute Gasteiger partial charge is 0.314 e. The van der Waals surface area contributed by atoms with Gasteiger partial charge in [0.1, 0.15) is 0 Å². The van der Waals surface area contributed by atoms with E-state index in [1.54, 1.807) is 17.8 Å². The van der Waals surface area contributed by atoms with Gasteiger partial charge in [0.15, 0.2) is 0 Å². The average Bonchev–Trinajstić information content (AvgIpc) is 2.81. The Balaban J connectivity index is 2.05. The van der Waals surface area contributed by atoms with Gasteiger partial charge >= 0.3 is 12.0 Å². The van der Waals surface area contributed by atoms with Crippen molar-refractivity contribution in [3.05, 3.63) is 18.5 Å². The van der Waals surface area contributed by atoms with E-state index in [0.717, 1.165) is 0 Å². The molecular weight excluding hydrogens is 236 g/mol. The quantitative estimate of drug-likeness (QED) is 0.651. The van der Waals surface area contributed by atoms with Crippen LogP contribution >= 0.6 is 0 Å². The molecule has 18 heavy (non-hydrogen) atoms. The molecule has 2 amide bonds. The van der Waals surface area contributed by atoms with Gasteiger partial charge in [0.05, 0.1) is 12.5 Å². The van der Waals surface area contributed by atoms with Crippen LogP contribution in [0, 0.1) is 5.92 Å². The molecule has 0 saturated heterocycles. The summed E-state index contributed by atoms with van der Waals surface area (Å²) in [5.74, 6) is -1.30. The predicted molar refractivity (Wildman–Crippen MR) is 65.0 cm³/mol. The second-order valence-electron chi connectivity index (χ2n) is 3.98. The van der Waals surface area contributed by atoms with Crippen LogP contribution in [0.4, 0.5) is 4.79 Å². The van der Waals surface area contributed by atoms with Gasteiger partial charge in [-0.05, 0) is 12.5 Å². The minimum atomic E-state index is -0.851. The van der Waals surface area contributed by atoms with Gasteiger partial charge in [-0.1, -0.05) is 6.92 Å². The van der Waals surface area contributed by atoms with Crippen LogP contribution in [0.5, 0.6) is 0 Å². The average molecular weight is 254 g/mol. The number of nitrogens with zero attached hydrogens (tertiary/aromatic N) is 2. The number of hydrogen-bond acceptors (Lipinski definition) is 3. The molecule has 1 rings (SSSR count). The third-order valence-electron chi connectivity index (χ3n) is 2.47. The van der Waals surface area contributed by atoms with Crippen LogP contribution in [-0.4, -0.2) is 40.0 Å². The normalized spacial score (nSPS) is 11.8. The van der Waals surface area contributed by atoms with Gasteiger partial charge in [0, 0.05) is 25.5 Å². The Kier molecular flexibility index (Phi) is 5.69. The standard InChI is InChI=1S/C11H18N4O3/c1-9(10(16)17)3-5-12-11(18)13-6-8-15-7-2-4-14-15/h2,4,7,9H,3,5-6,8H2,1H3,(H,16,17)(H2,12,13,18). The number of carbonyl (C=O) groups is 2. The molecule has 1 aromatic heterocycles. The third kappa shape index (κ3) is 5.33. The minimum Gasteiger partial charge on any atom is -0.481 e. The molecule has 1 atom stereocenters. The first-order chi connectivity index (χ1) is 8.59. The molecule has 0 fully saturated rings. The molecule has 100 valence electrons. The Morgan fingerprint density at radius 3 is 2.72 bits per heavy atom. The number of carbonyl (C=O) groups excluding carboxylic acids is 1. The predicted octanol–water partition coefficient (Wildman–Crippen LogP) is 0.293. The summed E-state index contributed by atoms with van der Waals surface area (Å²) in [7, 11) is 0. The SMILES string of the molecule is CC(CCNC(=O)NCCn1cccn1)C(=O)O. The summed E-state index contributed by atoms with van der Waals surface area (Å²) in [5, 5.41) is 17.9. The Hall–Kier alpha value is -2.05. The van der Waals surface area contributed by atoms with Gasteiger partial charge < -0.3 is 15.7 Å². The van der Waals surface area contributed by atoms with Crippen molar-refractivity contribution in [3.63, 3.8) is 0 Å². The number of carboxylic acid groups (broad SMARTS) is 1. The van der Waals surface area contributed by atoms with Crippen LogP contribution < -0.4 is 10.6 Å². The lowest BCUT2D eigenvalue weighted by molar-refractivity contribution is -0.141. The van der Waals surface area contributed by atoms with Crippen molar-refractivity contribution in [1.29, 1.82) is 0 Å². The van der Waals surface area contributed by atoms with Crippen LogP contribution in [0.1, 0.15) is 13.3 Å². The summed E-state index contributed by atoms with van der Waals surface area (Å²) in [5.41, 5.74) is 0. The number of carboxylic acids is 1. The number of urea groups is 1. The van der Waals surface area contributed by atoms with E-state index >= 15 is 0 Å². The largest absolute Gasteiger partial charge is 0.481 e. The second kappa shape index (κ2) is 7.31. The molecule has 0 bridgehead atoms. The van der Waals surface area contributed by atoms with Gasteiger partial charge in [-0.25, -0.2) is 4.79 Å². The van der Waals surface area contributed by atoms with Gasteiger partial charge in [-0.2, -0.15) is 5.10 Å². The molecule has 0 spiro atoms. The first-order valence-corrected chi connectivity index (χ1v) is 5.81. The van der Waals surface area contributed by atoms with E-state index in [9.17, 15) is 9.59 Å². The molecule has 1 heterocycles. The Morgan fingerprint density at radius 2 is 2.11 bits per heavy atom. The number of nitrogens with one attached hydrogen (secondary N) is 2. The molecule has 1 unspecified atom stereocenters. The summed E-state index contributed by atoms with van der Waals surface area (Å²) in [6, 6.07) is 1.52. The summed E-state index contributed by atoms with van der Waals surface area (Å²) in [6.45, 7) is 3.04. The maximum absolute atomic E-state index is 11.3. The monoisotopic (exact) mass is 254 g/mol. The second-order valence-corrected chi connectivity index (χ2v) is 3.98. The Bertz CT molecular complexity index is 378. The van der Waals surface area contributed by atoms with E-state index in [4.69, 9.17) is 5.11 Å². The fraction of sp³-hybridized carbons (Fsp3) is 0.545. The van der Waals surface area contributed by atoms with Crippen LogP contribution in [0.3, 0.4) is 0 Å². The molecule has 3 N–H and O–H groups in total. The van der Waals surface area contributed by atoms with Crippen molar-refractivity contribution in [3.8, 4) is 0 Å². The van der Waals surface area contributed by atoms with E-state index in [-0.39, 0.29) is 6.03 Å². The summed E-state index contributed by atoms with van der Waals surface area (Å²) < 4.78 is 1.72. The lowest BCUT2D eigenvalue weighted by Gasteiger charge is -2.09. The summed E-state index contributed by atoms with van der Waals surface area (Å²) in [4.78, 5) is 21.9. The number of aromatic nitrogens is 2. The van der Waals surface area contributed by atoms with Crippen molar-refractivity contribution in [2.24, 2.45) is 5.92 Å². The van der Waals surface area contributed by atoms with Crippen molar-refractivity contribution >= 4 is 12.0 Å². The van der Waals surface area contributed by atoms with Crippen LogP contribution in [0.25, 0.3) is 0 Å². The molecule has 0 radical (unpaired) electrons. The molecule has 0 aliphatic carbocycles. The van der Waals surface area contributed by atoms with Crippen LogP contribution in [0.2, 0.25) is 0 Å². The minimum absolute atomic E-state index is 0.292. The lowest BCUT2D eigenvalue weighted by atomic mass is 10.1. The maximum Gasteiger partial charge on any atom is 0.314 e. The molecule has 7 heteroatoms. The molecule has 0 aliphatic heterocycles. The molecule has 7 nitrogen and oxygen atoms in total. The number of hydrogen-bond donors (Lipinski definition) is 3.